The smallest absolute Gasteiger partial charge is 0.261 e. The van der Waals surface area contributed by atoms with E-state index in [0.717, 1.165) is 21.6 Å². The van der Waals surface area contributed by atoms with Gasteiger partial charge in [-0.15, -0.1) is 0 Å². The van der Waals surface area contributed by atoms with Gasteiger partial charge in [-0.25, -0.2) is 25.3 Å². The van der Waals surface area contributed by atoms with E-state index in [2.05, 4.69) is 0 Å². The van der Waals surface area contributed by atoms with E-state index >= 15 is 0 Å². The van der Waals surface area contributed by atoms with Crippen molar-refractivity contribution in [3.63, 3.8) is 0 Å². The first-order valence-corrected chi connectivity index (χ1v) is 25.0. The number of carbonyl (C=O) groups is 2. The predicted molar refractivity (Wildman–Crippen MR) is 240 cm³/mol. The van der Waals surface area contributed by atoms with Crippen LogP contribution in [-0.4, -0.2) is 101 Å². The summed E-state index contributed by atoms with van der Waals surface area (Å²) in [7, 11) is -12.2. The number of nitrogens with zero attached hydrogens (tertiary/aromatic N) is 4. The second-order valence-corrected chi connectivity index (χ2v) is 22.0. The zero-order valence-corrected chi connectivity index (χ0v) is 39.6. The highest BCUT2D eigenvalue weighted by Gasteiger charge is 2.36. The van der Waals surface area contributed by atoms with Crippen LogP contribution in [0.15, 0.2) is 75.4 Å². The van der Waals surface area contributed by atoms with E-state index in [0.29, 0.717) is 44.5 Å². The minimum atomic E-state index is -4.14. The van der Waals surface area contributed by atoms with Crippen LogP contribution in [0.3, 0.4) is 0 Å². The van der Waals surface area contributed by atoms with E-state index in [1.807, 2.05) is 45.0 Å². The first-order valence-electron chi connectivity index (χ1n) is 20.7. The number of amides is 2. The molecule has 61 heavy (non-hydrogen) atoms. The number of fused-ring (bicyclic) bond motifs is 1. The van der Waals surface area contributed by atoms with Crippen molar-refractivity contribution in [2.75, 3.05) is 45.8 Å². The van der Waals surface area contributed by atoms with Gasteiger partial charge in [0.25, 0.3) is 11.8 Å². The zero-order chi connectivity index (χ0) is 45.2. The second kappa shape index (κ2) is 19.0. The lowest BCUT2D eigenvalue weighted by Crippen LogP contribution is -2.40. The number of hydrogen-bond acceptors (Lipinski definition) is 8. The van der Waals surface area contributed by atoms with Crippen molar-refractivity contribution in [2.24, 2.45) is 0 Å². The van der Waals surface area contributed by atoms with Crippen LogP contribution in [0.5, 0.6) is 0 Å². The molecule has 0 atom stereocenters. The summed E-state index contributed by atoms with van der Waals surface area (Å²) in [4.78, 5) is 28.0. The van der Waals surface area contributed by atoms with E-state index in [1.54, 1.807) is 84.9 Å². The maximum absolute atomic E-state index is 14.7. The molecule has 0 fully saturated rings. The van der Waals surface area contributed by atoms with Gasteiger partial charge in [0.2, 0.25) is 30.1 Å². The van der Waals surface area contributed by atoms with Crippen molar-refractivity contribution in [3.05, 3.63) is 122 Å². The molecule has 15 heteroatoms. The summed E-state index contributed by atoms with van der Waals surface area (Å²) in [5.41, 5.74) is 6.98. The van der Waals surface area contributed by atoms with Crippen LogP contribution < -0.4 is 0 Å². The largest absolute Gasteiger partial charge is 0.274 e. The van der Waals surface area contributed by atoms with Gasteiger partial charge in [-0.2, -0.15) is 12.9 Å². The van der Waals surface area contributed by atoms with Gasteiger partial charge in [0.05, 0.1) is 25.8 Å². The van der Waals surface area contributed by atoms with Gasteiger partial charge in [0.15, 0.2) is 0 Å². The average molecular weight is 893 g/mol. The van der Waals surface area contributed by atoms with E-state index in [9.17, 15) is 34.8 Å². The Hall–Kier alpha value is -4.25. The predicted octanol–water partition coefficient (Wildman–Crippen LogP) is 7.32. The minimum Gasteiger partial charge on any atom is -0.274 e. The van der Waals surface area contributed by atoms with Gasteiger partial charge in [-0.05, 0) is 127 Å². The Balaban J connectivity index is 1.42. The molecule has 330 valence electrons. The Labute approximate surface area is 363 Å². The molecule has 4 aromatic rings. The number of benzene rings is 4. The molecule has 0 N–H and O–H groups in total. The highest BCUT2D eigenvalue weighted by Crippen LogP contribution is 2.30. The van der Waals surface area contributed by atoms with Crippen molar-refractivity contribution < 1.29 is 34.8 Å². The third kappa shape index (κ3) is 10.0. The van der Waals surface area contributed by atoms with Gasteiger partial charge >= 0.3 is 0 Å². The highest BCUT2D eigenvalue weighted by molar-refractivity contribution is 7.89. The number of hydrogen-bond donors (Lipinski definition) is 0. The summed E-state index contributed by atoms with van der Waals surface area (Å²) in [5.74, 6) is -0.859. The third-order valence-electron chi connectivity index (χ3n) is 11.3. The average Bonchev–Trinajstić information content (AvgIpc) is 3.37. The standard InChI is InChI=1S/C46H60N4O8S3/c1-11-47(59(53,54)42-34(5)25-31(2)26-35(42)6)19-14-20-48(60(55,56)43-36(7)27-32(3)28-37(43)8)21-15-22-49(61(57,58)44-38(9)29-33(4)30-39(44)10)23-16-24-50-45(51)40-17-12-13-18-41(40)46(50)52/h12-13,17-18,25-30H,11,14-16,19-24H2,1-10H3. The molecular weight excluding hydrogens is 833 g/mol. The van der Waals surface area contributed by atoms with Crippen molar-refractivity contribution in [1.82, 2.24) is 17.8 Å². The first-order chi connectivity index (χ1) is 28.5. The zero-order valence-electron chi connectivity index (χ0n) is 37.1. The molecule has 0 aromatic heterocycles. The fraction of sp³-hybridized carbons (Fsp3) is 0.435. The molecule has 0 saturated heterocycles. The summed E-state index contributed by atoms with van der Waals surface area (Å²) in [6, 6.07) is 17.5. The van der Waals surface area contributed by atoms with Crippen LogP contribution in [-0.2, 0) is 30.1 Å². The molecule has 5 rings (SSSR count). The normalized spacial score (nSPS) is 13.6. The van der Waals surface area contributed by atoms with Crippen LogP contribution in [0, 0.1) is 62.3 Å². The number of sulfonamides is 3. The number of carbonyl (C=O) groups excluding carboxylic acids is 2. The van der Waals surface area contributed by atoms with Crippen LogP contribution in [0.2, 0.25) is 0 Å². The molecule has 12 nitrogen and oxygen atoms in total. The number of aryl methyl sites for hydroxylation is 9. The van der Waals surface area contributed by atoms with Gasteiger partial charge in [-0.3, -0.25) is 14.5 Å². The molecule has 4 aromatic carbocycles. The number of imide groups is 1. The highest BCUT2D eigenvalue weighted by atomic mass is 32.2. The van der Waals surface area contributed by atoms with Crippen LogP contribution in [0.1, 0.15) is 97.0 Å². The van der Waals surface area contributed by atoms with Crippen molar-refractivity contribution in [1.29, 1.82) is 0 Å². The molecular formula is C46H60N4O8S3. The van der Waals surface area contributed by atoms with Gasteiger partial charge in [-0.1, -0.05) is 72.1 Å². The monoisotopic (exact) mass is 892 g/mol. The van der Waals surface area contributed by atoms with Crippen LogP contribution in [0.4, 0.5) is 0 Å². The van der Waals surface area contributed by atoms with E-state index in [-0.39, 0.29) is 79.8 Å². The molecule has 1 aliphatic rings. The van der Waals surface area contributed by atoms with Crippen molar-refractivity contribution >= 4 is 41.9 Å². The van der Waals surface area contributed by atoms with Crippen molar-refractivity contribution in [2.45, 2.75) is 103 Å². The topological polar surface area (TPSA) is 150 Å². The molecule has 0 saturated carbocycles. The van der Waals surface area contributed by atoms with Gasteiger partial charge in [0.1, 0.15) is 0 Å². The Bertz CT molecular complexity index is 2570. The third-order valence-corrected chi connectivity index (χ3v) is 17.9. The Morgan fingerprint density at radius 1 is 0.443 bits per heavy atom. The molecule has 0 spiro atoms. The van der Waals surface area contributed by atoms with Gasteiger partial charge < -0.3 is 0 Å². The molecule has 2 amide bonds. The molecule has 0 bridgehead atoms. The summed E-state index contributed by atoms with van der Waals surface area (Å²) in [6.07, 6.45) is 0.445. The van der Waals surface area contributed by atoms with E-state index in [1.165, 1.54) is 12.9 Å². The lowest BCUT2D eigenvalue weighted by molar-refractivity contribution is 0.0650. The van der Waals surface area contributed by atoms with Gasteiger partial charge in [0, 0.05) is 45.8 Å². The van der Waals surface area contributed by atoms with Crippen molar-refractivity contribution in [3.8, 4) is 0 Å². The fourth-order valence-corrected chi connectivity index (χ4v) is 14.7. The summed E-state index contributed by atoms with van der Waals surface area (Å²) < 4.78 is 90.5. The summed E-state index contributed by atoms with van der Waals surface area (Å²) in [6.45, 7) is 18.1. The molecule has 0 unspecified atom stereocenters. The Morgan fingerprint density at radius 3 is 1.03 bits per heavy atom. The van der Waals surface area contributed by atoms with Crippen LogP contribution >= 0.6 is 0 Å². The Kier molecular flexibility index (Phi) is 14.9. The summed E-state index contributed by atoms with van der Waals surface area (Å²) in [5, 5.41) is 0. The molecule has 0 radical (unpaired) electrons. The fourth-order valence-electron chi connectivity index (χ4n) is 8.96. The SMILES string of the molecule is CCN(CCCN(CCCN(CCCN1C(=O)c2ccccc2C1=O)S(=O)(=O)c1c(C)cc(C)cc1C)S(=O)(=O)c1c(C)cc(C)cc1C)S(=O)(=O)c1c(C)cc(C)cc1C. The molecule has 1 aliphatic heterocycles. The molecule has 1 heterocycles. The lowest BCUT2D eigenvalue weighted by atomic mass is 10.1. The quantitative estimate of drug-likeness (QED) is 0.0890. The number of rotatable bonds is 19. The molecule has 0 aliphatic carbocycles. The van der Waals surface area contributed by atoms with Crippen LogP contribution in [0.25, 0.3) is 0 Å². The second-order valence-electron chi connectivity index (χ2n) is 16.4. The lowest BCUT2D eigenvalue weighted by Gasteiger charge is -2.29. The minimum absolute atomic E-state index is 0.00478. The summed E-state index contributed by atoms with van der Waals surface area (Å²) >= 11 is 0. The van der Waals surface area contributed by atoms with E-state index in [4.69, 9.17) is 0 Å². The maximum Gasteiger partial charge on any atom is 0.261 e. The first kappa shape index (κ1) is 47.8. The Morgan fingerprint density at radius 2 is 0.721 bits per heavy atom. The van der Waals surface area contributed by atoms with E-state index < -0.39 is 41.9 Å². The maximum atomic E-state index is 14.7.